The van der Waals surface area contributed by atoms with E-state index in [1.807, 2.05) is 13.0 Å². The number of rotatable bonds is 11. The van der Waals surface area contributed by atoms with E-state index < -0.39 is 5.97 Å². The Hall–Kier alpha value is -2.49. The second-order valence-electron chi connectivity index (χ2n) is 9.63. The first-order valence-corrected chi connectivity index (χ1v) is 12.5. The topological polar surface area (TPSA) is 66.8 Å². The molecule has 33 heavy (non-hydrogen) atoms. The fourth-order valence-electron chi connectivity index (χ4n) is 4.44. The predicted octanol–water partition coefficient (Wildman–Crippen LogP) is 7.89. The molecule has 0 saturated carbocycles. The van der Waals surface area contributed by atoms with Gasteiger partial charge in [0.1, 0.15) is 23.7 Å². The molecule has 2 N–H and O–H groups in total. The summed E-state index contributed by atoms with van der Waals surface area (Å²) in [6.07, 6.45) is 14.6. The fourth-order valence-corrected chi connectivity index (χ4v) is 4.44. The summed E-state index contributed by atoms with van der Waals surface area (Å²) >= 11 is 0. The van der Waals surface area contributed by atoms with Crippen LogP contribution in [0.5, 0.6) is 11.5 Å². The highest BCUT2D eigenvalue weighted by molar-refractivity contribution is 5.95. The van der Waals surface area contributed by atoms with Crippen molar-refractivity contribution in [3.63, 3.8) is 0 Å². The van der Waals surface area contributed by atoms with Crippen LogP contribution in [0.4, 0.5) is 0 Å². The van der Waals surface area contributed by atoms with Crippen molar-refractivity contribution in [1.82, 2.24) is 0 Å². The van der Waals surface area contributed by atoms with Gasteiger partial charge in [0, 0.05) is 11.5 Å². The van der Waals surface area contributed by atoms with Crippen molar-refractivity contribution < 1.29 is 19.7 Å². The number of ether oxygens (including phenoxy) is 1. The van der Waals surface area contributed by atoms with Gasteiger partial charge in [-0.1, -0.05) is 48.6 Å². The molecule has 0 amide bonds. The SMILES string of the molecule is CCCCCc1cc(O)c(C2C=C(C)CCC2)c(O)c1C(=O)OC/C=C(\C)CCC=C(C)C. The highest BCUT2D eigenvalue weighted by Gasteiger charge is 2.28. The summed E-state index contributed by atoms with van der Waals surface area (Å²) in [5.41, 5.74) is 5.04. The van der Waals surface area contributed by atoms with Crippen LogP contribution in [0.3, 0.4) is 0 Å². The Morgan fingerprint density at radius 1 is 1.18 bits per heavy atom. The molecule has 1 aromatic carbocycles. The third-order valence-electron chi connectivity index (χ3n) is 6.33. The first-order chi connectivity index (χ1) is 15.7. The molecule has 4 nitrogen and oxygen atoms in total. The number of benzene rings is 1. The lowest BCUT2D eigenvalue weighted by Gasteiger charge is -2.24. The normalized spacial score (nSPS) is 16.3. The first-order valence-electron chi connectivity index (χ1n) is 12.5. The maximum Gasteiger partial charge on any atom is 0.342 e. The van der Waals surface area contributed by atoms with Crippen LogP contribution >= 0.6 is 0 Å². The molecule has 1 aliphatic carbocycles. The number of aromatic hydroxyl groups is 2. The zero-order chi connectivity index (χ0) is 24.4. The van der Waals surface area contributed by atoms with Gasteiger partial charge >= 0.3 is 5.97 Å². The maximum atomic E-state index is 13.1. The van der Waals surface area contributed by atoms with Crippen LogP contribution < -0.4 is 0 Å². The maximum absolute atomic E-state index is 13.1. The molecule has 1 unspecified atom stereocenters. The standard InChI is InChI=1S/C29H42O4/c1-6-7-8-14-24-19-25(30)26(23-15-10-13-22(5)18-23)28(31)27(24)29(32)33-17-16-21(4)12-9-11-20(2)3/h11,16,18-19,23,30-31H,6-10,12-15,17H2,1-5H3/b21-16+. The number of allylic oxidation sites excluding steroid dienone is 5. The summed E-state index contributed by atoms with van der Waals surface area (Å²) in [4.78, 5) is 13.1. The van der Waals surface area contributed by atoms with E-state index >= 15 is 0 Å². The Balaban J connectivity index is 2.27. The number of hydrogen-bond donors (Lipinski definition) is 2. The van der Waals surface area contributed by atoms with E-state index in [-0.39, 0.29) is 29.6 Å². The van der Waals surface area contributed by atoms with Gasteiger partial charge in [-0.05, 0) is 90.3 Å². The molecule has 0 saturated heterocycles. The minimum Gasteiger partial charge on any atom is -0.507 e. The number of carbonyl (C=O) groups is 1. The van der Waals surface area contributed by atoms with Crippen LogP contribution in [0.25, 0.3) is 0 Å². The Morgan fingerprint density at radius 2 is 1.94 bits per heavy atom. The second-order valence-corrected chi connectivity index (χ2v) is 9.63. The van der Waals surface area contributed by atoms with Gasteiger partial charge < -0.3 is 14.9 Å². The van der Waals surface area contributed by atoms with Crippen LogP contribution in [0.15, 0.2) is 41.0 Å². The quantitative estimate of drug-likeness (QED) is 0.203. The molecule has 1 atom stereocenters. The monoisotopic (exact) mass is 454 g/mol. The van der Waals surface area contributed by atoms with E-state index in [2.05, 4.69) is 39.8 Å². The molecule has 1 aromatic rings. The number of phenolic OH excluding ortho intramolecular Hbond substituents is 2. The van der Waals surface area contributed by atoms with Crippen molar-refractivity contribution in [2.24, 2.45) is 0 Å². The number of esters is 1. The molecule has 2 rings (SSSR count). The second kappa shape index (κ2) is 13.3. The van der Waals surface area contributed by atoms with E-state index in [1.165, 1.54) is 16.7 Å². The molecule has 0 heterocycles. The number of hydrogen-bond acceptors (Lipinski definition) is 4. The molecule has 0 aromatic heterocycles. The van der Waals surface area contributed by atoms with Gasteiger partial charge in [-0.2, -0.15) is 0 Å². The van der Waals surface area contributed by atoms with Crippen LogP contribution in [-0.4, -0.2) is 22.8 Å². The minimum atomic E-state index is -0.523. The third kappa shape index (κ3) is 8.10. The molecule has 1 aliphatic rings. The van der Waals surface area contributed by atoms with Gasteiger partial charge in [-0.3, -0.25) is 0 Å². The van der Waals surface area contributed by atoms with E-state index in [9.17, 15) is 15.0 Å². The summed E-state index contributed by atoms with van der Waals surface area (Å²) in [6.45, 7) is 10.6. The van der Waals surface area contributed by atoms with Crippen molar-refractivity contribution in [2.75, 3.05) is 6.61 Å². The number of aryl methyl sites for hydroxylation is 1. The molecular weight excluding hydrogens is 412 g/mol. The first kappa shape index (κ1) is 26.8. The summed E-state index contributed by atoms with van der Waals surface area (Å²) in [5, 5.41) is 22.0. The molecule has 0 radical (unpaired) electrons. The minimum absolute atomic E-state index is 0.0708. The number of phenols is 2. The Morgan fingerprint density at radius 3 is 2.61 bits per heavy atom. The summed E-state index contributed by atoms with van der Waals surface area (Å²) in [6, 6.07) is 1.67. The molecule has 4 heteroatoms. The fraction of sp³-hybridized carbons (Fsp3) is 0.552. The number of unbranched alkanes of at least 4 members (excludes halogenated alkanes) is 2. The summed E-state index contributed by atoms with van der Waals surface area (Å²) < 4.78 is 5.57. The van der Waals surface area contributed by atoms with Gasteiger partial charge in [0.25, 0.3) is 0 Å². The average Bonchev–Trinajstić information content (AvgIpc) is 2.73. The Labute approximate surface area is 200 Å². The van der Waals surface area contributed by atoms with E-state index in [0.29, 0.717) is 17.5 Å². The highest BCUT2D eigenvalue weighted by Crippen LogP contribution is 2.44. The van der Waals surface area contributed by atoms with Crippen LogP contribution in [-0.2, 0) is 11.2 Å². The lowest BCUT2D eigenvalue weighted by molar-refractivity contribution is 0.0544. The highest BCUT2D eigenvalue weighted by atomic mass is 16.5. The smallest absolute Gasteiger partial charge is 0.342 e. The van der Waals surface area contributed by atoms with Crippen molar-refractivity contribution in [3.05, 3.63) is 57.7 Å². The largest absolute Gasteiger partial charge is 0.507 e. The average molecular weight is 455 g/mol. The van der Waals surface area contributed by atoms with Gasteiger partial charge in [-0.25, -0.2) is 4.79 Å². The van der Waals surface area contributed by atoms with Crippen molar-refractivity contribution in [2.45, 2.75) is 98.3 Å². The lowest BCUT2D eigenvalue weighted by Crippen LogP contribution is -2.12. The number of carbonyl (C=O) groups excluding carboxylic acids is 1. The predicted molar refractivity (Wildman–Crippen MR) is 136 cm³/mol. The van der Waals surface area contributed by atoms with E-state index in [1.54, 1.807) is 6.07 Å². The molecular formula is C29H42O4. The third-order valence-corrected chi connectivity index (χ3v) is 6.33. The van der Waals surface area contributed by atoms with Gasteiger partial charge in [-0.15, -0.1) is 0 Å². The van der Waals surface area contributed by atoms with Crippen molar-refractivity contribution in [3.8, 4) is 11.5 Å². The van der Waals surface area contributed by atoms with Gasteiger partial charge in [0.2, 0.25) is 0 Å². The van der Waals surface area contributed by atoms with Crippen molar-refractivity contribution >= 4 is 5.97 Å². The van der Waals surface area contributed by atoms with Gasteiger partial charge in [0.05, 0.1) is 0 Å². The van der Waals surface area contributed by atoms with Crippen LogP contribution in [0.1, 0.15) is 113 Å². The Bertz CT molecular complexity index is 901. The zero-order valence-corrected chi connectivity index (χ0v) is 21.2. The Kier molecular flexibility index (Phi) is 10.8. The molecule has 0 aliphatic heterocycles. The van der Waals surface area contributed by atoms with Crippen LogP contribution in [0, 0.1) is 0 Å². The van der Waals surface area contributed by atoms with Crippen molar-refractivity contribution in [1.29, 1.82) is 0 Å². The molecule has 0 bridgehead atoms. The lowest BCUT2D eigenvalue weighted by atomic mass is 9.83. The zero-order valence-electron chi connectivity index (χ0n) is 21.2. The molecule has 182 valence electrons. The van der Waals surface area contributed by atoms with E-state index in [0.717, 1.165) is 51.4 Å². The summed E-state index contributed by atoms with van der Waals surface area (Å²) in [5.74, 6) is -0.662. The van der Waals surface area contributed by atoms with E-state index in [4.69, 9.17) is 4.74 Å². The molecule has 0 fully saturated rings. The molecule has 0 spiro atoms. The van der Waals surface area contributed by atoms with Gasteiger partial charge in [0.15, 0.2) is 0 Å². The van der Waals surface area contributed by atoms with Crippen LogP contribution in [0.2, 0.25) is 0 Å². The summed E-state index contributed by atoms with van der Waals surface area (Å²) in [7, 11) is 0.